The predicted octanol–water partition coefficient (Wildman–Crippen LogP) is 0.253. The average Bonchev–Trinajstić information content (AvgIpc) is 2.42. The molecule has 20 heavy (non-hydrogen) atoms. The van der Waals surface area contributed by atoms with E-state index in [0.717, 1.165) is 6.20 Å². The van der Waals surface area contributed by atoms with Gasteiger partial charge in [-0.05, 0) is 6.92 Å². The number of hydrogen-bond acceptors (Lipinski definition) is 5. The number of aliphatic hydroxyl groups excluding tert-OH is 1. The first-order valence-electron chi connectivity index (χ1n) is 5.78. The number of aromatic nitrogens is 2. The lowest BCUT2D eigenvalue weighted by atomic mass is 10.2. The molecule has 1 aromatic rings. The Balaban J connectivity index is 2.60. The van der Waals surface area contributed by atoms with Gasteiger partial charge in [0.15, 0.2) is 5.69 Å². The minimum Gasteiger partial charge on any atom is -0.382 e. The van der Waals surface area contributed by atoms with Gasteiger partial charge in [-0.1, -0.05) is 0 Å². The standard InChI is InChI=1S/C11H15F3N4O2/c1-6(16-4-8(19)10(20)15-2)7-3-18-9(5-17-7)11(12,13)14/h3,5-6,8,16,19H,4H2,1-2H3,(H,15,20)/t6-,8+/m0/s1. The zero-order valence-corrected chi connectivity index (χ0v) is 10.9. The fraction of sp³-hybridized carbons (Fsp3) is 0.545. The maximum atomic E-state index is 12.3. The Bertz CT molecular complexity index is 450. The van der Waals surface area contributed by atoms with Crippen molar-refractivity contribution in [3.05, 3.63) is 23.8 Å². The van der Waals surface area contributed by atoms with E-state index in [1.54, 1.807) is 6.92 Å². The second-order valence-corrected chi connectivity index (χ2v) is 4.08. The van der Waals surface area contributed by atoms with E-state index in [-0.39, 0.29) is 12.2 Å². The van der Waals surface area contributed by atoms with Gasteiger partial charge in [-0.25, -0.2) is 4.98 Å². The van der Waals surface area contributed by atoms with Crippen molar-refractivity contribution in [2.24, 2.45) is 0 Å². The van der Waals surface area contributed by atoms with Crippen molar-refractivity contribution in [2.45, 2.75) is 25.2 Å². The molecule has 0 fully saturated rings. The van der Waals surface area contributed by atoms with Crippen LogP contribution in [0, 0.1) is 0 Å². The molecule has 112 valence electrons. The number of amides is 1. The number of aliphatic hydroxyl groups is 1. The first kappa shape index (κ1) is 16.3. The third-order valence-electron chi connectivity index (χ3n) is 2.57. The molecule has 1 rings (SSSR count). The monoisotopic (exact) mass is 292 g/mol. The Hall–Kier alpha value is -1.74. The average molecular weight is 292 g/mol. The Kier molecular flexibility index (Phi) is 5.40. The molecule has 0 spiro atoms. The van der Waals surface area contributed by atoms with Crippen molar-refractivity contribution >= 4 is 5.91 Å². The number of likely N-dealkylation sites (N-methyl/N-ethyl adjacent to an activating group) is 1. The van der Waals surface area contributed by atoms with Crippen molar-refractivity contribution in [2.75, 3.05) is 13.6 Å². The molecule has 0 aliphatic rings. The van der Waals surface area contributed by atoms with E-state index in [9.17, 15) is 23.1 Å². The number of alkyl halides is 3. The summed E-state index contributed by atoms with van der Waals surface area (Å²) in [5.41, 5.74) is -0.791. The second kappa shape index (κ2) is 6.62. The number of nitrogens with one attached hydrogen (secondary N) is 2. The van der Waals surface area contributed by atoms with Crippen LogP contribution in [-0.4, -0.2) is 40.7 Å². The van der Waals surface area contributed by atoms with Crippen LogP contribution in [0.2, 0.25) is 0 Å². The third-order valence-corrected chi connectivity index (χ3v) is 2.57. The molecule has 2 atom stereocenters. The summed E-state index contributed by atoms with van der Waals surface area (Å²) in [4.78, 5) is 18.0. The highest BCUT2D eigenvalue weighted by atomic mass is 19.4. The molecule has 0 saturated carbocycles. The van der Waals surface area contributed by atoms with Crippen LogP contribution in [0.15, 0.2) is 12.4 Å². The van der Waals surface area contributed by atoms with Crippen LogP contribution in [0.1, 0.15) is 24.4 Å². The first-order chi connectivity index (χ1) is 9.25. The van der Waals surface area contributed by atoms with Crippen LogP contribution in [0.4, 0.5) is 13.2 Å². The van der Waals surface area contributed by atoms with Crippen LogP contribution >= 0.6 is 0 Å². The lowest BCUT2D eigenvalue weighted by molar-refractivity contribution is -0.141. The summed E-state index contributed by atoms with van der Waals surface area (Å²) in [6.07, 6.45) is -4.13. The van der Waals surface area contributed by atoms with Crippen molar-refractivity contribution in [1.82, 2.24) is 20.6 Å². The van der Waals surface area contributed by atoms with Gasteiger partial charge in [0.2, 0.25) is 5.91 Å². The normalized spacial score (nSPS) is 14.7. The molecule has 0 saturated heterocycles. The number of carbonyl (C=O) groups is 1. The molecular formula is C11H15F3N4O2. The van der Waals surface area contributed by atoms with Crippen LogP contribution in [0.5, 0.6) is 0 Å². The van der Waals surface area contributed by atoms with Crippen LogP contribution in [0.25, 0.3) is 0 Å². The molecule has 1 aromatic heterocycles. The smallest absolute Gasteiger partial charge is 0.382 e. The van der Waals surface area contributed by atoms with Gasteiger partial charge in [-0.3, -0.25) is 9.78 Å². The third kappa shape index (κ3) is 4.42. The highest BCUT2D eigenvalue weighted by Gasteiger charge is 2.32. The fourth-order valence-electron chi connectivity index (χ4n) is 1.36. The van der Waals surface area contributed by atoms with E-state index < -0.39 is 29.9 Å². The van der Waals surface area contributed by atoms with Gasteiger partial charge in [0.1, 0.15) is 6.10 Å². The molecule has 0 radical (unpaired) electrons. The minimum absolute atomic E-state index is 0.0520. The van der Waals surface area contributed by atoms with Crippen molar-refractivity contribution in [3.8, 4) is 0 Å². The molecule has 0 aliphatic heterocycles. The summed E-state index contributed by atoms with van der Waals surface area (Å²) in [7, 11) is 1.39. The zero-order valence-electron chi connectivity index (χ0n) is 10.9. The Morgan fingerprint density at radius 1 is 1.40 bits per heavy atom. The van der Waals surface area contributed by atoms with E-state index in [2.05, 4.69) is 20.6 Å². The number of rotatable bonds is 5. The summed E-state index contributed by atoms with van der Waals surface area (Å²) in [5.74, 6) is -0.553. The van der Waals surface area contributed by atoms with Crippen LogP contribution in [-0.2, 0) is 11.0 Å². The van der Waals surface area contributed by atoms with Crippen molar-refractivity contribution in [1.29, 1.82) is 0 Å². The van der Waals surface area contributed by atoms with Crippen LogP contribution in [0.3, 0.4) is 0 Å². The fourth-order valence-corrected chi connectivity index (χ4v) is 1.36. The molecule has 0 unspecified atom stereocenters. The SMILES string of the molecule is CNC(=O)[C@H](O)CN[C@@H](C)c1cnc(C(F)(F)F)cn1. The second-order valence-electron chi connectivity index (χ2n) is 4.08. The van der Waals surface area contributed by atoms with Crippen molar-refractivity contribution < 1.29 is 23.1 Å². The highest BCUT2D eigenvalue weighted by Crippen LogP contribution is 2.26. The largest absolute Gasteiger partial charge is 0.434 e. The summed E-state index contributed by atoms with van der Waals surface area (Å²) in [6.45, 7) is 1.58. The maximum Gasteiger partial charge on any atom is 0.434 e. The van der Waals surface area contributed by atoms with Gasteiger partial charge in [0.05, 0.1) is 18.1 Å². The molecule has 0 bridgehead atoms. The molecule has 1 amide bonds. The summed E-state index contributed by atoms with van der Waals surface area (Å²) >= 11 is 0. The summed E-state index contributed by atoms with van der Waals surface area (Å²) in [5, 5.41) is 14.5. The molecule has 9 heteroatoms. The molecule has 1 heterocycles. The molecule has 3 N–H and O–H groups in total. The Morgan fingerprint density at radius 2 is 2.05 bits per heavy atom. The Morgan fingerprint density at radius 3 is 2.50 bits per heavy atom. The number of carbonyl (C=O) groups excluding carboxylic acids is 1. The van der Waals surface area contributed by atoms with Gasteiger partial charge in [-0.2, -0.15) is 13.2 Å². The van der Waals surface area contributed by atoms with E-state index in [1.807, 2.05) is 0 Å². The maximum absolute atomic E-state index is 12.3. The van der Waals surface area contributed by atoms with E-state index in [1.165, 1.54) is 7.05 Å². The van der Waals surface area contributed by atoms with Crippen LogP contribution < -0.4 is 10.6 Å². The van der Waals surface area contributed by atoms with E-state index in [4.69, 9.17) is 0 Å². The quantitative estimate of drug-likeness (QED) is 0.724. The van der Waals surface area contributed by atoms with E-state index >= 15 is 0 Å². The first-order valence-corrected chi connectivity index (χ1v) is 5.78. The molecular weight excluding hydrogens is 277 g/mol. The lowest BCUT2D eigenvalue weighted by Crippen LogP contribution is -2.40. The van der Waals surface area contributed by atoms with Gasteiger partial charge in [0.25, 0.3) is 0 Å². The highest BCUT2D eigenvalue weighted by molar-refractivity contribution is 5.80. The van der Waals surface area contributed by atoms with Crippen molar-refractivity contribution in [3.63, 3.8) is 0 Å². The van der Waals surface area contributed by atoms with Gasteiger partial charge in [-0.15, -0.1) is 0 Å². The molecule has 6 nitrogen and oxygen atoms in total. The zero-order chi connectivity index (χ0) is 15.3. The summed E-state index contributed by atoms with van der Waals surface area (Å²) in [6, 6.07) is -0.455. The topological polar surface area (TPSA) is 87.1 Å². The van der Waals surface area contributed by atoms with Gasteiger partial charge < -0.3 is 15.7 Å². The predicted molar refractivity (Wildman–Crippen MR) is 63.5 cm³/mol. The molecule has 0 aliphatic carbocycles. The summed E-state index contributed by atoms with van der Waals surface area (Å²) < 4.78 is 36.9. The van der Waals surface area contributed by atoms with Gasteiger partial charge >= 0.3 is 6.18 Å². The number of halogens is 3. The number of nitrogens with zero attached hydrogens (tertiary/aromatic N) is 2. The Labute approximate surface area is 113 Å². The number of hydrogen-bond donors (Lipinski definition) is 3. The van der Waals surface area contributed by atoms with E-state index in [0.29, 0.717) is 6.20 Å². The minimum atomic E-state index is -4.53. The van der Waals surface area contributed by atoms with Gasteiger partial charge in [0, 0.05) is 19.6 Å². The lowest BCUT2D eigenvalue weighted by Gasteiger charge is -2.16. The molecule has 0 aromatic carbocycles.